The zero-order chi connectivity index (χ0) is 13.7. The van der Waals surface area contributed by atoms with Gasteiger partial charge in [-0.3, -0.25) is 19.4 Å². The summed E-state index contributed by atoms with van der Waals surface area (Å²) < 4.78 is 5.31. The number of carbonyl (C=O) groups excluding carboxylic acids is 2. The number of carbonyl (C=O) groups is 2. The van der Waals surface area contributed by atoms with Crippen LogP contribution in [0.4, 0.5) is 0 Å². The van der Waals surface area contributed by atoms with E-state index in [1.807, 2.05) is 0 Å². The third-order valence-corrected chi connectivity index (χ3v) is 5.31. The molecule has 0 aromatic heterocycles. The normalized spacial score (nSPS) is 39.9. The van der Waals surface area contributed by atoms with Gasteiger partial charge in [0.05, 0.1) is 25.0 Å². The number of ether oxygens (including phenoxy) is 1. The van der Waals surface area contributed by atoms with Crippen LogP contribution < -0.4 is 0 Å². The van der Waals surface area contributed by atoms with Crippen LogP contribution in [0.3, 0.4) is 0 Å². The molecule has 2 saturated heterocycles. The highest BCUT2D eigenvalue weighted by Crippen LogP contribution is 2.52. The van der Waals surface area contributed by atoms with Crippen molar-refractivity contribution in [1.82, 2.24) is 9.80 Å². The summed E-state index contributed by atoms with van der Waals surface area (Å²) in [6.45, 7) is 4.63. The minimum absolute atomic E-state index is 0.0535. The number of rotatable bonds is 3. The lowest BCUT2D eigenvalue weighted by molar-refractivity contribution is -0.141. The molecule has 4 aliphatic rings. The first-order valence-electron chi connectivity index (χ1n) is 7.59. The molecule has 0 aromatic carbocycles. The third kappa shape index (κ3) is 1.76. The van der Waals surface area contributed by atoms with Gasteiger partial charge < -0.3 is 4.74 Å². The van der Waals surface area contributed by atoms with E-state index in [-0.39, 0.29) is 23.7 Å². The van der Waals surface area contributed by atoms with Crippen LogP contribution in [0.15, 0.2) is 12.2 Å². The van der Waals surface area contributed by atoms with Crippen molar-refractivity contribution in [2.45, 2.75) is 6.42 Å². The topological polar surface area (TPSA) is 49.9 Å². The summed E-state index contributed by atoms with van der Waals surface area (Å²) in [5.74, 6) is 0.671. The van der Waals surface area contributed by atoms with E-state index in [1.54, 1.807) is 0 Å². The Hall–Kier alpha value is -1.20. The molecule has 0 N–H and O–H groups in total. The Morgan fingerprint density at radius 3 is 2.20 bits per heavy atom. The average molecular weight is 276 g/mol. The van der Waals surface area contributed by atoms with Crippen molar-refractivity contribution in [1.29, 1.82) is 0 Å². The molecular formula is C15H20N2O3. The van der Waals surface area contributed by atoms with Crippen molar-refractivity contribution >= 4 is 11.8 Å². The highest BCUT2D eigenvalue weighted by atomic mass is 16.5. The summed E-state index contributed by atoms with van der Waals surface area (Å²) in [7, 11) is 0. The second kappa shape index (κ2) is 4.67. The summed E-state index contributed by atoms with van der Waals surface area (Å²) in [5, 5.41) is 0. The molecule has 20 heavy (non-hydrogen) atoms. The summed E-state index contributed by atoms with van der Waals surface area (Å²) >= 11 is 0. The summed E-state index contributed by atoms with van der Waals surface area (Å²) in [4.78, 5) is 28.8. The molecule has 0 radical (unpaired) electrons. The van der Waals surface area contributed by atoms with Gasteiger partial charge in [-0.2, -0.15) is 0 Å². The van der Waals surface area contributed by atoms with E-state index >= 15 is 0 Å². The van der Waals surface area contributed by atoms with Crippen molar-refractivity contribution in [3.8, 4) is 0 Å². The second-order valence-electron chi connectivity index (χ2n) is 6.28. The van der Waals surface area contributed by atoms with Gasteiger partial charge in [-0.25, -0.2) is 0 Å². The lowest BCUT2D eigenvalue weighted by Gasteiger charge is -2.28. The highest BCUT2D eigenvalue weighted by Gasteiger charge is 2.58. The van der Waals surface area contributed by atoms with Crippen molar-refractivity contribution in [2.75, 3.05) is 39.4 Å². The molecule has 2 amide bonds. The Bertz CT molecular complexity index is 440. The van der Waals surface area contributed by atoms with Crippen molar-refractivity contribution < 1.29 is 14.3 Å². The minimum Gasteiger partial charge on any atom is -0.379 e. The summed E-state index contributed by atoms with van der Waals surface area (Å²) in [6.07, 6.45) is 5.29. The van der Waals surface area contributed by atoms with Gasteiger partial charge >= 0.3 is 0 Å². The van der Waals surface area contributed by atoms with E-state index in [1.165, 1.54) is 4.90 Å². The molecule has 5 nitrogen and oxygen atoms in total. The number of morpholine rings is 1. The van der Waals surface area contributed by atoms with Crippen molar-refractivity contribution in [3.05, 3.63) is 12.2 Å². The van der Waals surface area contributed by atoms with E-state index < -0.39 is 0 Å². The average Bonchev–Trinajstić information content (AvgIpc) is 3.13. The number of hydrogen-bond donors (Lipinski definition) is 0. The molecule has 2 aliphatic carbocycles. The molecule has 0 aromatic rings. The molecule has 0 spiro atoms. The number of likely N-dealkylation sites (tertiary alicyclic amines) is 1. The van der Waals surface area contributed by atoms with Crippen molar-refractivity contribution in [2.24, 2.45) is 23.7 Å². The summed E-state index contributed by atoms with van der Waals surface area (Å²) in [5.41, 5.74) is 0. The number of hydrogen-bond acceptors (Lipinski definition) is 4. The van der Waals surface area contributed by atoms with E-state index in [2.05, 4.69) is 17.1 Å². The Balaban J connectivity index is 1.42. The van der Waals surface area contributed by atoms with Gasteiger partial charge in [0.25, 0.3) is 0 Å². The van der Waals surface area contributed by atoms with Gasteiger partial charge in [0.2, 0.25) is 11.8 Å². The Morgan fingerprint density at radius 1 is 1.00 bits per heavy atom. The number of fused-ring (bicyclic) bond motifs is 5. The zero-order valence-electron chi connectivity index (χ0n) is 11.5. The quantitative estimate of drug-likeness (QED) is 0.543. The second-order valence-corrected chi connectivity index (χ2v) is 6.28. The first-order valence-corrected chi connectivity index (χ1v) is 7.59. The predicted octanol–water partition coefficient (Wildman–Crippen LogP) is 0.126. The maximum atomic E-state index is 12.5. The fourth-order valence-corrected chi connectivity index (χ4v) is 4.25. The standard InChI is InChI=1S/C15H20N2O3/c18-14-12-10-1-2-11(9-10)13(12)15(19)17(14)4-3-16-5-7-20-8-6-16/h1-2,10-13H,3-9H2/t10-,11+,12+,13-. The van der Waals surface area contributed by atoms with E-state index in [4.69, 9.17) is 4.74 Å². The molecule has 4 rings (SSSR count). The van der Waals surface area contributed by atoms with Gasteiger partial charge in [-0.1, -0.05) is 12.2 Å². The van der Waals surface area contributed by atoms with E-state index in [9.17, 15) is 9.59 Å². The first-order chi connectivity index (χ1) is 9.75. The molecule has 2 aliphatic heterocycles. The maximum absolute atomic E-state index is 12.5. The number of allylic oxidation sites excluding steroid dienone is 2. The molecule has 108 valence electrons. The number of amides is 2. The minimum atomic E-state index is -0.0535. The zero-order valence-corrected chi connectivity index (χ0v) is 11.5. The van der Waals surface area contributed by atoms with Gasteiger partial charge in [0.15, 0.2) is 0 Å². The molecule has 0 unspecified atom stereocenters. The third-order valence-electron chi connectivity index (χ3n) is 5.31. The monoisotopic (exact) mass is 276 g/mol. The maximum Gasteiger partial charge on any atom is 0.233 e. The van der Waals surface area contributed by atoms with E-state index in [0.717, 1.165) is 39.3 Å². The predicted molar refractivity (Wildman–Crippen MR) is 71.7 cm³/mol. The highest BCUT2D eigenvalue weighted by molar-refractivity contribution is 6.06. The summed E-state index contributed by atoms with van der Waals surface area (Å²) in [6, 6.07) is 0. The van der Waals surface area contributed by atoms with Crippen LogP contribution in [0, 0.1) is 23.7 Å². The SMILES string of the molecule is O=C1[C@@H]2[C@H](C(=O)N1CCN1CCOCC1)[C@H]1C=C[C@@H]2C1. The van der Waals surface area contributed by atoms with Crippen LogP contribution in [-0.4, -0.2) is 61.0 Å². The van der Waals surface area contributed by atoms with Crippen LogP contribution >= 0.6 is 0 Å². The molecule has 1 saturated carbocycles. The lowest BCUT2D eigenvalue weighted by Crippen LogP contribution is -2.43. The molecule has 2 bridgehead atoms. The molecule has 2 heterocycles. The van der Waals surface area contributed by atoms with Gasteiger partial charge in [0.1, 0.15) is 0 Å². The van der Waals surface area contributed by atoms with Crippen molar-refractivity contribution in [3.63, 3.8) is 0 Å². The van der Waals surface area contributed by atoms with E-state index in [0.29, 0.717) is 18.4 Å². The first kappa shape index (κ1) is 12.5. The van der Waals surface area contributed by atoms with Crippen LogP contribution in [0.2, 0.25) is 0 Å². The van der Waals surface area contributed by atoms with Crippen LogP contribution in [0.25, 0.3) is 0 Å². The van der Waals surface area contributed by atoms with Crippen LogP contribution in [-0.2, 0) is 14.3 Å². The molecule has 4 atom stereocenters. The van der Waals surface area contributed by atoms with Gasteiger partial charge in [0, 0.05) is 26.2 Å². The van der Waals surface area contributed by atoms with Crippen LogP contribution in [0.1, 0.15) is 6.42 Å². The molecular weight excluding hydrogens is 256 g/mol. The lowest BCUT2D eigenvalue weighted by atomic mass is 9.85. The Morgan fingerprint density at radius 2 is 1.60 bits per heavy atom. The Kier molecular flexibility index (Phi) is 2.93. The van der Waals surface area contributed by atoms with Gasteiger partial charge in [-0.15, -0.1) is 0 Å². The number of imide groups is 1. The smallest absolute Gasteiger partial charge is 0.233 e. The molecule has 5 heteroatoms. The fourth-order valence-electron chi connectivity index (χ4n) is 4.25. The Labute approximate surface area is 118 Å². The molecule has 3 fully saturated rings. The van der Waals surface area contributed by atoms with Gasteiger partial charge in [-0.05, 0) is 18.3 Å². The largest absolute Gasteiger partial charge is 0.379 e. The fraction of sp³-hybridized carbons (Fsp3) is 0.733. The number of nitrogens with zero attached hydrogens (tertiary/aromatic N) is 2. The van der Waals surface area contributed by atoms with Crippen LogP contribution in [0.5, 0.6) is 0 Å².